The maximum atomic E-state index is 4.41. The summed E-state index contributed by atoms with van der Waals surface area (Å²) in [6.07, 6.45) is 15.1. The van der Waals surface area contributed by atoms with E-state index in [-0.39, 0.29) is 0 Å². The van der Waals surface area contributed by atoms with E-state index in [1.165, 1.54) is 125 Å². The minimum absolute atomic E-state index is 1.14. The highest BCUT2D eigenvalue weighted by molar-refractivity contribution is 7.05. The molecule has 0 saturated carbocycles. The van der Waals surface area contributed by atoms with Gasteiger partial charge in [-0.05, 0) is 94.8 Å². The minimum Gasteiger partial charge on any atom is -0.314 e. The van der Waals surface area contributed by atoms with E-state index in [0.29, 0.717) is 0 Å². The molecular weight excluding hydrogens is 591 g/mol. The average Bonchev–Trinajstić information content (AvgIpc) is 2.97. The van der Waals surface area contributed by atoms with Crippen molar-refractivity contribution in [2.75, 3.05) is 39.3 Å². The van der Waals surface area contributed by atoms with E-state index in [1.54, 1.807) is 0 Å². The van der Waals surface area contributed by atoms with Gasteiger partial charge in [0, 0.05) is 30.7 Å². The molecule has 7 nitrogen and oxygen atoms in total. The van der Waals surface area contributed by atoms with Crippen LogP contribution in [0.25, 0.3) is 0 Å². The van der Waals surface area contributed by atoms with Crippen LogP contribution < -0.4 is 29.9 Å². The molecule has 0 rings (SSSR count). The van der Waals surface area contributed by atoms with Gasteiger partial charge in [0.25, 0.3) is 25.7 Å². The molecule has 0 aliphatic carbocycles. The van der Waals surface area contributed by atoms with Crippen LogP contribution in [-0.4, -0.2) is 99.6 Å². The summed E-state index contributed by atoms with van der Waals surface area (Å²) in [5, 5.41) is 0. The van der Waals surface area contributed by atoms with Crippen molar-refractivity contribution in [2.45, 2.75) is 136 Å². The van der Waals surface area contributed by atoms with Crippen LogP contribution in [-0.2, 0) is 0 Å². The lowest BCUT2D eigenvalue weighted by Gasteiger charge is -2.59. The van der Waals surface area contributed by atoms with Gasteiger partial charge in [-0.3, -0.25) is 3.90 Å². The highest BCUT2D eigenvalue weighted by Crippen LogP contribution is 2.26. The van der Waals surface area contributed by atoms with Crippen LogP contribution >= 0.6 is 0 Å². The topological polar surface area (TPSA) is 75.4 Å². The Morgan fingerprint density at radius 3 is 0.675 bits per heavy atom. The summed E-state index contributed by atoms with van der Waals surface area (Å²) in [6.45, 7) is 20.9. The molecule has 6 N–H and O–H groups in total. The first-order chi connectivity index (χ1) is 19.4. The van der Waals surface area contributed by atoms with Gasteiger partial charge in [0.15, 0.2) is 0 Å². The first-order valence-electron chi connectivity index (χ1n) is 17.7. The second-order valence-electron chi connectivity index (χ2n) is 11.7. The van der Waals surface area contributed by atoms with Crippen LogP contribution in [0.4, 0.5) is 0 Å². The van der Waals surface area contributed by atoms with Crippen molar-refractivity contribution in [2.24, 2.45) is 0 Å². The maximum Gasteiger partial charge on any atom is 0.271 e. The van der Waals surface area contributed by atoms with E-state index in [9.17, 15) is 0 Å². The van der Waals surface area contributed by atoms with Gasteiger partial charge in [-0.1, -0.05) is 80.1 Å². The Kier molecular flexibility index (Phi) is 26.0. The van der Waals surface area contributed by atoms with Gasteiger partial charge < -0.3 is 29.9 Å². The van der Waals surface area contributed by atoms with Gasteiger partial charge in [0.05, 0.1) is 0 Å². The predicted octanol–water partition coefficient (Wildman–Crippen LogP) is 1.41. The largest absolute Gasteiger partial charge is 0.314 e. The third-order valence-electron chi connectivity index (χ3n) is 8.37. The Hall–Kier alpha value is 1.02. The van der Waals surface area contributed by atoms with Gasteiger partial charge in [0.1, 0.15) is 0 Å². The summed E-state index contributed by atoms with van der Waals surface area (Å²) in [5.74, 6) is 0. The normalized spacial score (nSPS) is 13.3. The third kappa shape index (κ3) is 13.8. The van der Waals surface area contributed by atoms with Crippen molar-refractivity contribution in [1.82, 2.24) is 33.8 Å². The maximum absolute atomic E-state index is 4.41. The van der Waals surface area contributed by atoms with Crippen LogP contribution in [0.2, 0.25) is 17.0 Å². The van der Waals surface area contributed by atoms with E-state index in [2.05, 4.69) is 75.3 Å². The molecule has 0 saturated heterocycles. The Morgan fingerprint density at radius 2 is 0.550 bits per heavy atom. The van der Waals surface area contributed by atoms with Crippen molar-refractivity contribution in [1.29, 1.82) is 0 Å². The van der Waals surface area contributed by atoms with Crippen LogP contribution in [0.1, 0.15) is 119 Å². The molecular formula is C27H75N7Si6. The van der Waals surface area contributed by atoms with E-state index in [0.717, 1.165) is 39.3 Å². The number of nitrogens with one attached hydrogen (secondary N) is 6. The molecule has 0 heterocycles. The predicted molar refractivity (Wildman–Crippen MR) is 201 cm³/mol. The lowest BCUT2D eigenvalue weighted by molar-refractivity contribution is 0.573. The number of unbranched alkanes of at least 4 members (excludes halogenated alkanes) is 6. The van der Waals surface area contributed by atoms with Gasteiger partial charge in [-0.25, -0.2) is 0 Å². The fourth-order valence-electron chi connectivity index (χ4n) is 5.70. The first kappa shape index (κ1) is 41.0. The van der Waals surface area contributed by atoms with Crippen molar-refractivity contribution < 1.29 is 0 Å². The molecule has 0 aromatic rings. The van der Waals surface area contributed by atoms with Crippen LogP contribution in [0, 0.1) is 0 Å². The van der Waals surface area contributed by atoms with Crippen molar-refractivity contribution in [3.63, 3.8) is 0 Å². The molecule has 0 aliphatic heterocycles. The lowest BCUT2D eigenvalue weighted by atomic mass is 10.3. The average molecular weight is 666 g/mol. The van der Waals surface area contributed by atoms with Gasteiger partial charge in [-0.2, -0.15) is 0 Å². The summed E-state index contributed by atoms with van der Waals surface area (Å²) in [6, 6.07) is 0. The number of hydrogen-bond acceptors (Lipinski definition) is 7. The summed E-state index contributed by atoms with van der Waals surface area (Å²) in [7, 11) is -2.96. The second kappa shape index (κ2) is 25.4. The van der Waals surface area contributed by atoms with E-state index in [1.807, 2.05) is 0 Å². The van der Waals surface area contributed by atoms with Crippen LogP contribution in [0.15, 0.2) is 0 Å². The zero-order chi connectivity index (χ0) is 30.2. The quantitative estimate of drug-likeness (QED) is 0.0512. The molecule has 13 heteroatoms. The van der Waals surface area contributed by atoms with Crippen LogP contribution in [0.5, 0.6) is 0 Å². The smallest absolute Gasteiger partial charge is 0.271 e. The first-order valence-corrected chi connectivity index (χ1v) is 28.4. The Bertz CT molecular complexity index is 473. The highest BCUT2D eigenvalue weighted by Gasteiger charge is 2.60. The summed E-state index contributed by atoms with van der Waals surface area (Å²) in [5.41, 5.74) is 4.01. The zero-order valence-corrected chi connectivity index (χ0v) is 37.8. The van der Waals surface area contributed by atoms with Crippen molar-refractivity contribution >= 4 is 56.4 Å². The van der Waals surface area contributed by atoms with Gasteiger partial charge in [0.2, 0.25) is 0 Å². The van der Waals surface area contributed by atoms with E-state index < -0.39 is 25.7 Å². The molecule has 242 valence electrons. The van der Waals surface area contributed by atoms with Gasteiger partial charge in [-0.15, -0.1) is 0 Å². The molecule has 0 aromatic carbocycles. The standard InChI is InChI=1S/C27H75N7Si6/c1-7-13-19-28-38(25-35,29-20-14-8-2)34(39(26-36,30-21-15-9-3)31-22-16-10-4)40(27-37,32-23-17-11-5)33-24-18-12-6/h28-33H,7-27H2,1-6,35-37H3. The van der Waals surface area contributed by atoms with Crippen molar-refractivity contribution in [3.8, 4) is 0 Å². The molecule has 0 bridgehead atoms. The number of nitrogens with zero attached hydrogens (tertiary/aromatic N) is 1. The highest BCUT2D eigenvalue weighted by atomic mass is 28.5. The minimum atomic E-state index is -2.21. The SMILES string of the molecule is CCCCN[Si](C[SiH3])(NCCCC)N([Si](C[SiH3])(NCCCC)NCCCC)[Si](C[SiH3])(NCCCC)NCCCC. The molecule has 0 spiro atoms. The Balaban J connectivity index is 7.33. The summed E-state index contributed by atoms with van der Waals surface area (Å²) < 4.78 is 3.31. The Labute approximate surface area is 264 Å². The Morgan fingerprint density at radius 1 is 0.375 bits per heavy atom. The molecule has 0 aliphatic rings. The molecule has 0 amide bonds. The molecule has 0 unspecified atom stereocenters. The molecule has 0 aromatic heterocycles. The third-order valence-corrected chi connectivity index (χ3v) is 34.8. The molecule has 0 atom stereocenters. The van der Waals surface area contributed by atoms with Crippen molar-refractivity contribution in [3.05, 3.63) is 0 Å². The summed E-state index contributed by atoms with van der Waals surface area (Å²) >= 11 is 0. The lowest BCUT2D eigenvalue weighted by Crippen LogP contribution is -2.96. The number of hydrogen-bond donors (Lipinski definition) is 6. The fourth-order valence-corrected chi connectivity index (χ4v) is 39.6. The molecule has 40 heavy (non-hydrogen) atoms. The van der Waals surface area contributed by atoms with E-state index in [4.69, 9.17) is 0 Å². The second-order valence-corrected chi connectivity index (χ2v) is 30.1. The zero-order valence-electron chi connectivity index (χ0n) is 28.8. The van der Waals surface area contributed by atoms with E-state index >= 15 is 0 Å². The molecule has 0 radical (unpaired) electrons. The van der Waals surface area contributed by atoms with Gasteiger partial charge >= 0.3 is 0 Å². The monoisotopic (exact) mass is 665 g/mol. The molecule has 0 fully saturated rings. The number of rotatable bonds is 30. The van der Waals surface area contributed by atoms with Crippen LogP contribution in [0.3, 0.4) is 0 Å². The summed E-state index contributed by atoms with van der Waals surface area (Å²) in [4.78, 5) is 26.5. The fraction of sp³-hybridized carbons (Fsp3) is 1.00.